The molecule has 6 atom stereocenters. The van der Waals surface area contributed by atoms with E-state index in [-0.39, 0.29) is 53.1 Å². The summed E-state index contributed by atoms with van der Waals surface area (Å²) in [6.45, 7) is 7.10. The average Bonchev–Trinajstić information content (AvgIpc) is 2.90. The molecule has 2 rings (SSSR count). The van der Waals surface area contributed by atoms with E-state index < -0.39 is 36.4 Å². The molecule has 1 heterocycles. The van der Waals surface area contributed by atoms with Crippen molar-refractivity contribution in [3.05, 3.63) is 47.1 Å². The van der Waals surface area contributed by atoms with E-state index in [9.17, 15) is 24.9 Å². The largest absolute Gasteiger partial charge is 0.506 e. The molecule has 11 nitrogen and oxygen atoms in total. The minimum absolute atomic E-state index is 0.00669. The van der Waals surface area contributed by atoms with E-state index in [1.165, 1.54) is 20.3 Å². The van der Waals surface area contributed by atoms with Gasteiger partial charge in [-0.1, -0.05) is 38.2 Å². The summed E-state index contributed by atoms with van der Waals surface area (Å²) in [5.41, 5.74) is 12.7. The van der Waals surface area contributed by atoms with Crippen molar-refractivity contribution in [3.8, 4) is 11.5 Å². The van der Waals surface area contributed by atoms with Gasteiger partial charge in [-0.15, -0.1) is 0 Å². The topological polar surface area (TPSA) is 187 Å². The molecule has 222 valence electrons. The Morgan fingerprint density at radius 3 is 2.40 bits per heavy atom. The Morgan fingerprint density at radius 1 is 1.12 bits per heavy atom. The monoisotopic (exact) mass is 561 g/mol. The van der Waals surface area contributed by atoms with Crippen LogP contribution >= 0.6 is 0 Å². The van der Waals surface area contributed by atoms with Crippen LogP contribution in [-0.2, 0) is 25.4 Å². The Morgan fingerprint density at radius 2 is 1.80 bits per heavy atom. The van der Waals surface area contributed by atoms with E-state index in [4.69, 9.17) is 25.7 Å². The minimum atomic E-state index is -0.938. The van der Waals surface area contributed by atoms with Gasteiger partial charge < -0.3 is 46.3 Å². The number of allylic oxidation sites excluding steroid dienone is 2. The summed E-state index contributed by atoms with van der Waals surface area (Å²) in [4.78, 5) is 24.5. The number of nitrogens with one attached hydrogen (secondary N) is 1. The van der Waals surface area contributed by atoms with Crippen LogP contribution < -0.4 is 16.8 Å². The van der Waals surface area contributed by atoms with Gasteiger partial charge in [0.2, 0.25) is 0 Å². The molecule has 0 aliphatic carbocycles. The number of aliphatic hydroxyl groups excluding tert-OH is 1. The maximum absolute atomic E-state index is 12.8. The zero-order valence-corrected chi connectivity index (χ0v) is 24.0. The normalized spacial score (nSPS) is 27.2. The van der Waals surface area contributed by atoms with Gasteiger partial charge in [0.05, 0.1) is 29.7 Å². The number of nitrogen functional groups attached to an aromatic ring is 1. The summed E-state index contributed by atoms with van der Waals surface area (Å²) in [7, 11) is 3.00. The van der Waals surface area contributed by atoms with Crippen LogP contribution in [0, 0.1) is 11.8 Å². The maximum atomic E-state index is 12.8. The molecular formula is C29H43N3O8. The molecule has 0 radical (unpaired) electrons. The van der Waals surface area contributed by atoms with Crippen molar-refractivity contribution in [2.45, 2.75) is 71.4 Å². The Hall–Kier alpha value is -3.54. The van der Waals surface area contributed by atoms with Crippen LogP contribution in [0.1, 0.15) is 46.1 Å². The van der Waals surface area contributed by atoms with E-state index >= 15 is 0 Å². The molecule has 0 aromatic heterocycles. The molecular weight excluding hydrogens is 518 g/mol. The summed E-state index contributed by atoms with van der Waals surface area (Å²) in [6.07, 6.45) is 3.92. The van der Waals surface area contributed by atoms with Crippen LogP contribution in [0.25, 0.3) is 0 Å². The van der Waals surface area contributed by atoms with Crippen molar-refractivity contribution in [2.75, 3.05) is 25.3 Å². The van der Waals surface area contributed by atoms with Gasteiger partial charge in [-0.05, 0) is 38.2 Å². The molecule has 0 unspecified atom stereocenters. The standard InChI is InChI=1S/C29H43N3O8/c1-15-10-20-25(30)22(33)14-21(27(20)35)32-28(36)16(2)8-7-9-19(38-5)13-23(40-29(31)37)17(3)12-18(4)26(34)24(11-15)39-6/h7-9,12,14-15,18-19,23-24,26,33-35H,10-11,13,30H2,1-6H3,(H2,31,37)(H,32,36)/t15-,18+,19+,23-,24+,26-/m1/s1. The van der Waals surface area contributed by atoms with E-state index in [1.54, 1.807) is 32.1 Å². The highest BCUT2D eigenvalue weighted by molar-refractivity contribution is 6.04. The summed E-state index contributed by atoms with van der Waals surface area (Å²) < 4.78 is 16.5. The van der Waals surface area contributed by atoms with Gasteiger partial charge in [0.1, 0.15) is 17.6 Å². The lowest BCUT2D eigenvalue weighted by Crippen LogP contribution is -2.35. The number of rotatable bonds is 3. The summed E-state index contributed by atoms with van der Waals surface area (Å²) in [5, 5.41) is 35.1. The fourth-order valence-electron chi connectivity index (χ4n) is 4.74. The lowest BCUT2D eigenvalue weighted by atomic mass is 9.87. The Labute approximate surface area is 235 Å². The number of primary amides is 1. The molecule has 40 heavy (non-hydrogen) atoms. The smallest absolute Gasteiger partial charge is 0.405 e. The van der Waals surface area contributed by atoms with E-state index in [1.807, 2.05) is 19.9 Å². The molecule has 8 N–H and O–H groups in total. The van der Waals surface area contributed by atoms with Crippen molar-refractivity contribution in [1.82, 2.24) is 0 Å². The fraction of sp³-hybridized carbons (Fsp3) is 0.517. The van der Waals surface area contributed by atoms with E-state index in [0.717, 1.165) is 0 Å². The number of carbonyl (C=O) groups excluding carboxylic acids is 2. The van der Waals surface area contributed by atoms with Gasteiger partial charge in [0, 0.05) is 43.8 Å². The number of methoxy groups -OCH3 is 2. The molecule has 1 aromatic rings. The lowest BCUT2D eigenvalue weighted by Gasteiger charge is -2.29. The predicted molar refractivity (Wildman–Crippen MR) is 153 cm³/mol. The molecule has 0 saturated heterocycles. The highest BCUT2D eigenvalue weighted by Gasteiger charge is 2.28. The van der Waals surface area contributed by atoms with Gasteiger partial charge in [0.15, 0.2) is 0 Å². The lowest BCUT2D eigenvalue weighted by molar-refractivity contribution is -0.112. The van der Waals surface area contributed by atoms with Crippen LogP contribution in [0.5, 0.6) is 11.5 Å². The number of anilines is 2. The van der Waals surface area contributed by atoms with Gasteiger partial charge >= 0.3 is 6.09 Å². The summed E-state index contributed by atoms with van der Waals surface area (Å²) in [5.74, 6) is -1.55. The third-order valence-corrected chi connectivity index (χ3v) is 7.15. The van der Waals surface area contributed by atoms with Crippen molar-refractivity contribution >= 4 is 23.4 Å². The number of aromatic hydroxyl groups is 2. The third-order valence-electron chi connectivity index (χ3n) is 7.15. The maximum Gasteiger partial charge on any atom is 0.405 e. The number of hydrogen-bond donors (Lipinski definition) is 6. The molecule has 1 aliphatic heterocycles. The van der Waals surface area contributed by atoms with Crippen molar-refractivity contribution in [1.29, 1.82) is 0 Å². The second-order valence-electron chi connectivity index (χ2n) is 10.4. The number of carbonyl (C=O) groups is 2. The molecule has 11 heteroatoms. The first-order valence-electron chi connectivity index (χ1n) is 13.2. The van der Waals surface area contributed by atoms with Gasteiger partial charge in [0.25, 0.3) is 5.91 Å². The average molecular weight is 562 g/mol. The molecule has 0 saturated carbocycles. The molecule has 2 bridgehead atoms. The number of benzene rings is 1. The Balaban J connectivity index is 2.57. The van der Waals surface area contributed by atoms with Gasteiger partial charge in [-0.2, -0.15) is 0 Å². The second kappa shape index (κ2) is 14.7. The molecule has 1 aliphatic rings. The van der Waals surface area contributed by atoms with Gasteiger partial charge in [-0.3, -0.25) is 4.79 Å². The molecule has 1 aromatic carbocycles. The molecule has 0 fully saturated rings. The first-order chi connectivity index (χ1) is 18.8. The van der Waals surface area contributed by atoms with Gasteiger partial charge in [-0.25, -0.2) is 4.79 Å². The fourth-order valence-corrected chi connectivity index (χ4v) is 4.74. The number of ether oxygens (including phenoxy) is 3. The SMILES string of the molecule is CO[C@H]1C[C@H](C)Cc2c(N)c(O)cc(c2O)NC(=O)C(C)=CC=C[C@H](OC)C[C@@H](OC(N)=O)C(C)=C[C@H](C)[C@H]1O. The quantitative estimate of drug-likeness (QED) is 0.139. The van der Waals surface area contributed by atoms with Crippen LogP contribution in [0.15, 0.2) is 41.5 Å². The summed E-state index contributed by atoms with van der Waals surface area (Å²) >= 11 is 0. The number of hydrogen-bond acceptors (Lipinski definition) is 9. The number of phenols is 2. The number of fused-ring (bicyclic) bond motifs is 2. The van der Waals surface area contributed by atoms with Crippen molar-refractivity contribution in [2.24, 2.45) is 17.6 Å². The van der Waals surface area contributed by atoms with Crippen LogP contribution in [0.2, 0.25) is 0 Å². The Kier molecular flexibility index (Phi) is 12.0. The first-order valence-corrected chi connectivity index (χ1v) is 13.2. The first kappa shape index (κ1) is 32.7. The van der Waals surface area contributed by atoms with Crippen LogP contribution in [-0.4, -0.2) is 66.0 Å². The predicted octanol–water partition coefficient (Wildman–Crippen LogP) is 3.53. The van der Waals surface area contributed by atoms with Crippen LogP contribution in [0.4, 0.5) is 16.2 Å². The summed E-state index contributed by atoms with van der Waals surface area (Å²) in [6, 6.07) is 1.20. The minimum Gasteiger partial charge on any atom is -0.506 e. The van der Waals surface area contributed by atoms with E-state index in [0.29, 0.717) is 17.6 Å². The van der Waals surface area contributed by atoms with E-state index in [2.05, 4.69) is 5.32 Å². The Bertz CT molecular complexity index is 1150. The third kappa shape index (κ3) is 8.73. The van der Waals surface area contributed by atoms with Crippen LogP contribution in [0.3, 0.4) is 0 Å². The highest BCUT2D eigenvalue weighted by Crippen LogP contribution is 2.40. The second-order valence-corrected chi connectivity index (χ2v) is 10.4. The number of amides is 2. The number of aliphatic hydroxyl groups is 1. The molecule has 0 spiro atoms. The van der Waals surface area contributed by atoms with Crippen molar-refractivity contribution < 1.29 is 39.1 Å². The highest BCUT2D eigenvalue weighted by atomic mass is 16.6. The zero-order valence-electron chi connectivity index (χ0n) is 24.0. The zero-order chi connectivity index (χ0) is 30.1. The molecule has 2 amide bonds. The number of phenolic OH excluding ortho intramolecular Hbond substituents is 2. The number of nitrogens with two attached hydrogens (primary N) is 2. The van der Waals surface area contributed by atoms with Crippen molar-refractivity contribution in [3.63, 3.8) is 0 Å².